The van der Waals surface area contributed by atoms with Crippen molar-refractivity contribution in [1.29, 1.82) is 0 Å². The lowest BCUT2D eigenvalue weighted by atomic mass is 9.75. The van der Waals surface area contributed by atoms with Gasteiger partial charge < -0.3 is 19.1 Å². The van der Waals surface area contributed by atoms with E-state index in [1.54, 1.807) is 19.1 Å². The van der Waals surface area contributed by atoms with Crippen LogP contribution in [0, 0.1) is 12.8 Å². The van der Waals surface area contributed by atoms with Gasteiger partial charge in [0.05, 0.1) is 26.2 Å². The molecule has 1 heterocycles. The number of esters is 1. The third-order valence-corrected chi connectivity index (χ3v) is 6.84. The van der Waals surface area contributed by atoms with Crippen molar-refractivity contribution in [3.63, 3.8) is 0 Å². The predicted molar refractivity (Wildman–Crippen MR) is 124 cm³/mol. The molecule has 1 saturated heterocycles. The molecule has 2 atom stereocenters. The summed E-state index contributed by atoms with van der Waals surface area (Å²) in [4.78, 5) is 28.8. The molecule has 178 valence electrons. The maximum atomic E-state index is 14.1. The molecule has 0 spiro atoms. The first-order valence-electron chi connectivity index (χ1n) is 12.1. The highest BCUT2D eigenvalue weighted by Crippen LogP contribution is 2.42. The molecular formula is C26H39NO5. The first-order valence-corrected chi connectivity index (χ1v) is 12.1. The van der Waals surface area contributed by atoms with Gasteiger partial charge in [-0.1, -0.05) is 25.3 Å². The molecule has 1 saturated carbocycles. The fraction of sp³-hybridized carbons (Fsp3) is 0.692. The Bertz CT molecular complexity index is 800. The second-order valence-electron chi connectivity index (χ2n) is 9.48. The molecule has 6 nitrogen and oxygen atoms in total. The van der Waals surface area contributed by atoms with Gasteiger partial charge in [0.2, 0.25) is 5.91 Å². The van der Waals surface area contributed by atoms with Gasteiger partial charge in [-0.2, -0.15) is 0 Å². The van der Waals surface area contributed by atoms with Crippen LogP contribution in [0.1, 0.15) is 82.3 Å². The number of hydrogen-bond donors (Lipinski definition) is 0. The molecule has 1 amide bonds. The number of hydrogen-bond acceptors (Lipinski definition) is 5. The lowest BCUT2D eigenvalue weighted by Crippen LogP contribution is -2.51. The Morgan fingerprint density at radius 3 is 2.28 bits per heavy atom. The number of methoxy groups -OCH3 is 2. The molecule has 1 aromatic rings. The van der Waals surface area contributed by atoms with Gasteiger partial charge in [0, 0.05) is 6.54 Å². The second-order valence-corrected chi connectivity index (χ2v) is 9.48. The summed E-state index contributed by atoms with van der Waals surface area (Å²) in [7, 11) is 3.26. The summed E-state index contributed by atoms with van der Waals surface area (Å²) in [5.74, 6) is 1.08. The molecule has 0 bridgehead atoms. The van der Waals surface area contributed by atoms with E-state index in [0.29, 0.717) is 24.5 Å². The van der Waals surface area contributed by atoms with Gasteiger partial charge in [0.1, 0.15) is 6.04 Å². The van der Waals surface area contributed by atoms with Gasteiger partial charge in [-0.25, -0.2) is 4.79 Å². The van der Waals surface area contributed by atoms with E-state index in [2.05, 4.69) is 6.07 Å². The van der Waals surface area contributed by atoms with Gasteiger partial charge in [0.25, 0.3) is 0 Å². The number of aryl methyl sites for hydroxylation is 1. The summed E-state index contributed by atoms with van der Waals surface area (Å²) < 4.78 is 16.6. The van der Waals surface area contributed by atoms with E-state index in [0.717, 1.165) is 49.7 Å². The van der Waals surface area contributed by atoms with Gasteiger partial charge >= 0.3 is 5.97 Å². The lowest BCUT2D eigenvalue weighted by molar-refractivity contribution is -0.161. The summed E-state index contributed by atoms with van der Waals surface area (Å²) in [5.41, 5.74) is 1.91. The number of benzene rings is 1. The van der Waals surface area contributed by atoms with Crippen LogP contribution >= 0.6 is 0 Å². The van der Waals surface area contributed by atoms with Gasteiger partial charge in [-0.3, -0.25) is 4.79 Å². The van der Waals surface area contributed by atoms with Crippen molar-refractivity contribution in [3.8, 4) is 11.5 Å². The van der Waals surface area contributed by atoms with Crippen LogP contribution in [-0.4, -0.2) is 49.7 Å². The van der Waals surface area contributed by atoms with E-state index in [4.69, 9.17) is 14.2 Å². The van der Waals surface area contributed by atoms with Crippen LogP contribution in [0.25, 0.3) is 0 Å². The fourth-order valence-corrected chi connectivity index (χ4v) is 5.37. The Morgan fingerprint density at radius 1 is 0.969 bits per heavy atom. The standard InChI is InChI=1S/C26H39NO5/c1-17(2)32-26(29)21-13-9-10-14-27(21)25(28)23(19-11-7-6-8-12-19)20-15-18(3)24(31-5)22(16-20)30-4/h15-17,19,21,23H,6-14H2,1-5H3/t21-,23-/m0/s1. The van der Waals surface area contributed by atoms with Crippen LogP contribution in [0.2, 0.25) is 0 Å². The minimum absolute atomic E-state index is 0.0499. The zero-order valence-corrected chi connectivity index (χ0v) is 20.3. The Hall–Kier alpha value is -2.24. The predicted octanol–water partition coefficient (Wildman–Crippen LogP) is 5.01. The Morgan fingerprint density at radius 2 is 1.66 bits per heavy atom. The molecule has 32 heavy (non-hydrogen) atoms. The SMILES string of the molecule is COc1cc([C@@H](C(=O)N2CCCC[C@H]2C(=O)OC(C)C)C2CCCCC2)cc(C)c1OC. The third-order valence-electron chi connectivity index (χ3n) is 6.84. The Kier molecular flexibility index (Phi) is 8.44. The average molecular weight is 446 g/mol. The smallest absolute Gasteiger partial charge is 0.329 e. The van der Waals surface area contributed by atoms with E-state index >= 15 is 0 Å². The first-order chi connectivity index (χ1) is 15.4. The maximum absolute atomic E-state index is 14.1. The lowest BCUT2D eigenvalue weighted by Gasteiger charge is -2.39. The summed E-state index contributed by atoms with van der Waals surface area (Å²) in [6.07, 6.45) is 7.88. The number of likely N-dealkylation sites (tertiary alicyclic amines) is 1. The number of carbonyl (C=O) groups is 2. The molecule has 1 aromatic carbocycles. The highest BCUT2D eigenvalue weighted by atomic mass is 16.5. The summed E-state index contributed by atoms with van der Waals surface area (Å²) >= 11 is 0. The van der Waals surface area contributed by atoms with E-state index in [1.165, 1.54) is 6.42 Å². The third kappa shape index (κ3) is 5.38. The topological polar surface area (TPSA) is 65.1 Å². The van der Waals surface area contributed by atoms with E-state index in [9.17, 15) is 9.59 Å². The molecular weight excluding hydrogens is 406 g/mol. The molecule has 0 aromatic heterocycles. The fourth-order valence-electron chi connectivity index (χ4n) is 5.37. The van der Waals surface area contributed by atoms with Crippen LogP contribution in [0.3, 0.4) is 0 Å². The van der Waals surface area contributed by atoms with Gasteiger partial charge in [0.15, 0.2) is 11.5 Å². The molecule has 6 heteroatoms. The Balaban J connectivity index is 1.99. The van der Waals surface area contributed by atoms with E-state index < -0.39 is 6.04 Å². The zero-order chi connectivity index (χ0) is 23.3. The number of piperidine rings is 1. The number of ether oxygens (including phenoxy) is 3. The number of rotatable bonds is 7. The van der Waals surface area contributed by atoms with Crippen molar-refractivity contribution in [2.45, 2.75) is 90.2 Å². The number of nitrogens with zero attached hydrogens (tertiary/aromatic N) is 1. The largest absolute Gasteiger partial charge is 0.493 e. The van der Waals surface area contributed by atoms with Gasteiger partial charge in [-0.05, 0) is 76.0 Å². The summed E-state index contributed by atoms with van der Waals surface area (Å²) in [5, 5.41) is 0. The Labute approximate surface area is 192 Å². The van der Waals surface area contributed by atoms with Gasteiger partial charge in [-0.15, -0.1) is 0 Å². The summed E-state index contributed by atoms with van der Waals surface area (Å²) in [6.45, 7) is 6.29. The molecule has 2 aliphatic rings. The van der Waals surface area contributed by atoms with Crippen molar-refractivity contribution in [3.05, 3.63) is 23.3 Å². The van der Waals surface area contributed by atoms with Crippen molar-refractivity contribution in [2.24, 2.45) is 5.92 Å². The van der Waals surface area contributed by atoms with Crippen molar-refractivity contribution >= 4 is 11.9 Å². The zero-order valence-electron chi connectivity index (χ0n) is 20.3. The normalized spacial score (nSPS) is 20.7. The highest BCUT2D eigenvalue weighted by Gasteiger charge is 2.40. The molecule has 0 N–H and O–H groups in total. The molecule has 3 rings (SSSR count). The van der Waals surface area contributed by atoms with Crippen LogP contribution in [0.5, 0.6) is 11.5 Å². The second kappa shape index (κ2) is 11.1. The monoisotopic (exact) mass is 445 g/mol. The highest BCUT2D eigenvalue weighted by molar-refractivity contribution is 5.89. The summed E-state index contributed by atoms with van der Waals surface area (Å²) in [6, 6.07) is 3.52. The van der Waals surface area contributed by atoms with Crippen molar-refractivity contribution in [1.82, 2.24) is 4.90 Å². The maximum Gasteiger partial charge on any atom is 0.329 e. The van der Waals surface area contributed by atoms with Crippen molar-refractivity contribution in [2.75, 3.05) is 20.8 Å². The molecule has 0 radical (unpaired) electrons. The quantitative estimate of drug-likeness (QED) is 0.552. The van der Waals surface area contributed by atoms with E-state index in [1.807, 2.05) is 26.8 Å². The molecule has 1 aliphatic carbocycles. The van der Waals surface area contributed by atoms with Crippen molar-refractivity contribution < 1.29 is 23.8 Å². The first kappa shape index (κ1) is 24.4. The van der Waals surface area contributed by atoms with E-state index in [-0.39, 0.29) is 29.8 Å². The average Bonchev–Trinajstić information content (AvgIpc) is 2.79. The van der Waals surface area contributed by atoms with Crippen LogP contribution in [0.4, 0.5) is 0 Å². The molecule has 1 aliphatic heterocycles. The molecule has 2 fully saturated rings. The minimum Gasteiger partial charge on any atom is -0.493 e. The van der Waals surface area contributed by atoms with Crippen LogP contribution in [0.15, 0.2) is 12.1 Å². The number of amides is 1. The van der Waals surface area contributed by atoms with Crippen LogP contribution in [-0.2, 0) is 14.3 Å². The minimum atomic E-state index is -0.494. The number of carbonyl (C=O) groups excluding carboxylic acids is 2. The molecule has 0 unspecified atom stereocenters. The van der Waals surface area contributed by atoms with Crippen LogP contribution < -0.4 is 9.47 Å².